The van der Waals surface area contributed by atoms with Gasteiger partial charge >= 0.3 is 0 Å². The zero-order chi connectivity index (χ0) is 17.7. The summed E-state index contributed by atoms with van der Waals surface area (Å²) in [6.45, 7) is 4.43. The number of nitrogens with zero attached hydrogens (tertiary/aromatic N) is 2. The molecule has 26 heavy (non-hydrogen) atoms. The van der Waals surface area contributed by atoms with Gasteiger partial charge in [-0.25, -0.2) is 9.97 Å². The van der Waals surface area contributed by atoms with E-state index in [1.165, 1.54) is 26.4 Å². The molecule has 2 nitrogen and oxygen atoms in total. The highest BCUT2D eigenvalue weighted by Crippen LogP contribution is 2.40. The van der Waals surface area contributed by atoms with Crippen molar-refractivity contribution in [2.24, 2.45) is 0 Å². The van der Waals surface area contributed by atoms with Crippen LogP contribution in [-0.4, -0.2) is 9.97 Å². The lowest BCUT2D eigenvalue weighted by molar-refractivity contribution is 0.867. The number of aromatic nitrogens is 2. The van der Waals surface area contributed by atoms with Gasteiger partial charge in [-0.15, -0.1) is 11.3 Å². The first-order valence-electron chi connectivity index (χ1n) is 8.87. The molecule has 5 rings (SSSR count). The molecule has 126 valence electrons. The Hall–Kier alpha value is -2.78. The van der Waals surface area contributed by atoms with E-state index in [4.69, 9.17) is 0 Å². The lowest BCUT2D eigenvalue weighted by atomic mass is 10.0. The molecule has 0 bridgehead atoms. The molecule has 0 atom stereocenters. The quantitative estimate of drug-likeness (QED) is 0.349. The standard InChI is InChI=1S/C23H18N2S/c1-14(2)15-7-9-17(10-8-15)20-23-21(25-13-24-20)19-12-11-16-5-3-4-6-18(16)22(19)26-23/h3-14H,1-2H3. The van der Waals surface area contributed by atoms with Crippen LogP contribution in [0.15, 0.2) is 67.0 Å². The fourth-order valence-electron chi connectivity index (χ4n) is 3.54. The Balaban J connectivity index is 1.80. The SMILES string of the molecule is CC(C)c1ccc(-c2ncnc3c2sc2c4ccccc4ccc32)cc1. The van der Waals surface area contributed by atoms with E-state index in [1.54, 1.807) is 17.7 Å². The van der Waals surface area contributed by atoms with Crippen molar-refractivity contribution in [2.45, 2.75) is 19.8 Å². The number of thiophene rings is 1. The minimum Gasteiger partial charge on any atom is -0.235 e. The Morgan fingerprint density at radius 3 is 2.38 bits per heavy atom. The second-order valence-electron chi connectivity index (χ2n) is 6.94. The van der Waals surface area contributed by atoms with Crippen molar-refractivity contribution in [3.8, 4) is 11.3 Å². The molecule has 5 aromatic rings. The first kappa shape index (κ1) is 15.5. The normalized spacial score (nSPS) is 11.8. The van der Waals surface area contributed by atoms with Crippen molar-refractivity contribution in [2.75, 3.05) is 0 Å². The summed E-state index contributed by atoms with van der Waals surface area (Å²) in [5.41, 5.74) is 4.57. The van der Waals surface area contributed by atoms with Crippen molar-refractivity contribution in [3.63, 3.8) is 0 Å². The van der Waals surface area contributed by atoms with Gasteiger partial charge in [0.25, 0.3) is 0 Å². The molecule has 0 radical (unpaired) electrons. The van der Waals surface area contributed by atoms with Crippen LogP contribution in [0.3, 0.4) is 0 Å². The van der Waals surface area contributed by atoms with E-state index in [-0.39, 0.29) is 0 Å². The van der Waals surface area contributed by atoms with E-state index in [9.17, 15) is 0 Å². The predicted octanol–water partition coefficient (Wildman–Crippen LogP) is 6.79. The van der Waals surface area contributed by atoms with Gasteiger partial charge < -0.3 is 0 Å². The molecule has 3 aromatic carbocycles. The van der Waals surface area contributed by atoms with Gasteiger partial charge in [0.05, 0.1) is 15.9 Å². The Bertz CT molecular complexity index is 1250. The molecule has 0 amide bonds. The third-order valence-corrected chi connectivity index (χ3v) is 6.23. The highest BCUT2D eigenvalue weighted by molar-refractivity contribution is 7.27. The van der Waals surface area contributed by atoms with Crippen molar-refractivity contribution in [1.29, 1.82) is 0 Å². The van der Waals surface area contributed by atoms with Crippen LogP contribution < -0.4 is 0 Å². The molecular weight excluding hydrogens is 336 g/mol. The maximum absolute atomic E-state index is 4.63. The van der Waals surface area contributed by atoms with Crippen LogP contribution in [0.4, 0.5) is 0 Å². The molecule has 3 heteroatoms. The summed E-state index contributed by atoms with van der Waals surface area (Å²) in [5, 5.41) is 3.77. The van der Waals surface area contributed by atoms with Crippen LogP contribution in [0, 0.1) is 0 Å². The summed E-state index contributed by atoms with van der Waals surface area (Å²) in [6, 6.07) is 21.7. The van der Waals surface area contributed by atoms with E-state index < -0.39 is 0 Å². The highest BCUT2D eigenvalue weighted by Gasteiger charge is 2.14. The predicted molar refractivity (Wildman–Crippen MR) is 112 cm³/mol. The fraction of sp³-hybridized carbons (Fsp3) is 0.130. The third kappa shape index (κ3) is 2.31. The average molecular weight is 354 g/mol. The minimum atomic E-state index is 0.533. The van der Waals surface area contributed by atoms with E-state index in [0.717, 1.165) is 21.5 Å². The van der Waals surface area contributed by atoms with Crippen LogP contribution in [-0.2, 0) is 0 Å². The fourth-order valence-corrected chi connectivity index (χ4v) is 4.84. The molecule has 0 fully saturated rings. The molecule has 0 aliphatic heterocycles. The zero-order valence-electron chi connectivity index (χ0n) is 14.7. The molecule has 0 saturated heterocycles. The second-order valence-corrected chi connectivity index (χ2v) is 7.96. The van der Waals surface area contributed by atoms with Gasteiger partial charge in [-0.3, -0.25) is 0 Å². The summed E-state index contributed by atoms with van der Waals surface area (Å²) < 4.78 is 2.45. The Kier molecular flexibility index (Phi) is 3.50. The largest absolute Gasteiger partial charge is 0.235 e. The molecule has 0 spiro atoms. The Morgan fingerprint density at radius 2 is 1.58 bits per heavy atom. The van der Waals surface area contributed by atoms with Crippen LogP contribution >= 0.6 is 11.3 Å². The molecule has 0 aliphatic carbocycles. The first-order chi connectivity index (χ1) is 12.7. The third-order valence-electron chi connectivity index (χ3n) is 4.99. The molecule has 2 heterocycles. The van der Waals surface area contributed by atoms with Gasteiger partial charge in [-0.2, -0.15) is 0 Å². The van der Waals surface area contributed by atoms with Crippen molar-refractivity contribution >= 4 is 42.4 Å². The smallest absolute Gasteiger partial charge is 0.116 e. The second kappa shape index (κ2) is 5.89. The maximum Gasteiger partial charge on any atom is 0.116 e. The lowest BCUT2D eigenvalue weighted by Gasteiger charge is -2.07. The summed E-state index contributed by atoms with van der Waals surface area (Å²) in [7, 11) is 0. The zero-order valence-corrected chi connectivity index (χ0v) is 15.5. The van der Waals surface area contributed by atoms with Crippen molar-refractivity contribution < 1.29 is 0 Å². The van der Waals surface area contributed by atoms with Crippen LogP contribution in [0.2, 0.25) is 0 Å². The summed E-state index contributed by atoms with van der Waals surface area (Å²) in [4.78, 5) is 9.23. The van der Waals surface area contributed by atoms with Crippen molar-refractivity contribution in [1.82, 2.24) is 9.97 Å². The topological polar surface area (TPSA) is 25.8 Å². The van der Waals surface area contributed by atoms with Crippen LogP contribution in [0.5, 0.6) is 0 Å². The number of benzene rings is 3. The average Bonchev–Trinajstić information content (AvgIpc) is 3.07. The summed E-state index contributed by atoms with van der Waals surface area (Å²) in [6.07, 6.45) is 1.69. The Morgan fingerprint density at radius 1 is 0.769 bits per heavy atom. The number of hydrogen-bond acceptors (Lipinski definition) is 3. The van der Waals surface area contributed by atoms with Gasteiger partial charge in [0.1, 0.15) is 6.33 Å². The van der Waals surface area contributed by atoms with E-state index in [2.05, 4.69) is 84.5 Å². The van der Waals surface area contributed by atoms with Crippen molar-refractivity contribution in [3.05, 3.63) is 72.6 Å². The summed E-state index contributed by atoms with van der Waals surface area (Å²) in [5.74, 6) is 0.533. The molecule has 0 saturated carbocycles. The highest BCUT2D eigenvalue weighted by atomic mass is 32.1. The Labute approximate surface area is 156 Å². The number of fused-ring (bicyclic) bond motifs is 5. The molecule has 2 aromatic heterocycles. The van der Waals surface area contributed by atoms with Gasteiger partial charge in [-0.05, 0) is 22.3 Å². The lowest BCUT2D eigenvalue weighted by Crippen LogP contribution is -1.89. The van der Waals surface area contributed by atoms with Gasteiger partial charge in [-0.1, -0.05) is 74.5 Å². The van der Waals surface area contributed by atoms with Gasteiger partial charge in [0.2, 0.25) is 0 Å². The minimum absolute atomic E-state index is 0.533. The maximum atomic E-state index is 4.63. The van der Waals surface area contributed by atoms with E-state index in [1.807, 2.05) is 0 Å². The number of hydrogen-bond donors (Lipinski definition) is 0. The van der Waals surface area contributed by atoms with Crippen LogP contribution in [0.1, 0.15) is 25.3 Å². The number of rotatable bonds is 2. The van der Waals surface area contributed by atoms with Gasteiger partial charge in [0.15, 0.2) is 0 Å². The van der Waals surface area contributed by atoms with E-state index in [0.29, 0.717) is 5.92 Å². The van der Waals surface area contributed by atoms with Crippen LogP contribution in [0.25, 0.3) is 42.3 Å². The monoisotopic (exact) mass is 354 g/mol. The van der Waals surface area contributed by atoms with Gasteiger partial charge in [0, 0.05) is 15.6 Å². The molecule has 0 aliphatic rings. The summed E-state index contributed by atoms with van der Waals surface area (Å²) >= 11 is 1.80. The molecule has 0 unspecified atom stereocenters. The molecule has 0 N–H and O–H groups in total. The first-order valence-corrected chi connectivity index (χ1v) is 9.69. The van der Waals surface area contributed by atoms with E-state index >= 15 is 0 Å². The molecular formula is C23H18N2S.